The van der Waals surface area contributed by atoms with Crippen LogP contribution in [0.15, 0.2) is 29.1 Å². The summed E-state index contributed by atoms with van der Waals surface area (Å²) in [5.41, 5.74) is 0.483. The van der Waals surface area contributed by atoms with Crippen molar-refractivity contribution in [2.24, 2.45) is 0 Å². The van der Waals surface area contributed by atoms with Gasteiger partial charge in [-0.1, -0.05) is 12.1 Å². The smallest absolute Gasteiger partial charge is 0.329 e. The average molecular weight is 351 g/mol. The van der Waals surface area contributed by atoms with E-state index in [1.807, 2.05) is 25.1 Å². The molecule has 1 aliphatic rings. The Bertz CT molecular complexity index is 957. The van der Waals surface area contributed by atoms with Crippen molar-refractivity contribution in [1.82, 2.24) is 14.5 Å². The number of carbonyl (C=O) groups excluding carboxylic acids is 1. The van der Waals surface area contributed by atoms with Crippen molar-refractivity contribution < 1.29 is 13.2 Å². The quantitative estimate of drug-likeness (QED) is 0.869. The van der Waals surface area contributed by atoms with Crippen molar-refractivity contribution in [3.05, 3.63) is 34.7 Å². The maximum absolute atomic E-state index is 12.5. The lowest BCUT2D eigenvalue weighted by Gasteiger charge is -2.23. The van der Waals surface area contributed by atoms with E-state index in [9.17, 15) is 18.0 Å². The van der Waals surface area contributed by atoms with Gasteiger partial charge in [0.15, 0.2) is 9.84 Å². The van der Waals surface area contributed by atoms with Gasteiger partial charge in [-0.3, -0.25) is 13.9 Å². The van der Waals surface area contributed by atoms with E-state index < -0.39 is 15.4 Å². The maximum Gasteiger partial charge on any atom is 0.329 e. The Morgan fingerprint density at radius 1 is 1.25 bits per heavy atom. The van der Waals surface area contributed by atoms with E-state index >= 15 is 0 Å². The second-order valence-electron chi connectivity index (χ2n) is 6.55. The second-order valence-corrected chi connectivity index (χ2v) is 8.74. The van der Waals surface area contributed by atoms with Crippen LogP contribution in [0.4, 0.5) is 0 Å². The van der Waals surface area contributed by atoms with Crippen molar-refractivity contribution in [3.63, 3.8) is 0 Å². The lowest BCUT2D eigenvalue weighted by molar-refractivity contribution is -0.123. The van der Waals surface area contributed by atoms with E-state index in [1.54, 1.807) is 17.6 Å². The number of imidazole rings is 1. The van der Waals surface area contributed by atoms with Gasteiger partial charge in [-0.05, 0) is 32.4 Å². The Morgan fingerprint density at radius 3 is 2.42 bits per heavy atom. The standard InChI is InChI=1S/C16H21N3O4S/c1-3-18-12-6-4-5-7-13(12)19(15(18)21)10-14(20)17-16(2)8-9-24(22,23)11-16/h4-7H,3,8-11H2,1-2H3,(H,17,20)/t16-/m0/s1. The van der Waals surface area contributed by atoms with Crippen LogP contribution in [0.5, 0.6) is 0 Å². The number of amides is 1. The van der Waals surface area contributed by atoms with Crippen molar-refractivity contribution in [3.8, 4) is 0 Å². The molecule has 0 bridgehead atoms. The van der Waals surface area contributed by atoms with Gasteiger partial charge in [-0.2, -0.15) is 0 Å². The van der Waals surface area contributed by atoms with E-state index in [0.717, 1.165) is 5.52 Å². The molecule has 3 rings (SSSR count). The minimum absolute atomic E-state index is 0.0582. The van der Waals surface area contributed by atoms with E-state index in [1.165, 1.54) is 4.57 Å². The number of hydrogen-bond acceptors (Lipinski definition) is 4. The van der Waals surface area contributed by atoms with Crippen LogP contribution in [0, 0.1) is 0 Å². The molecule has 0 radical (unpaired) electrons. The number of carbonyl (C=O) groups is 1. The summed E-state index contributed by atoms with van der Waals surface area (Å²) in [6, 6.07) is 7.32. The highest BCUT2D eigenvalue weighted by atomic mass is 32.2. The molecule has 1 N–H and O–H groups in total. The van der Waals surface area contributed by atoms with Gasteiger partial charge in [0.2, 0.25) is 5.91 Å². The monoisotopic (exact) mass is 351 g/mol. The number of aryl methyl sites for hydroxylation is 1. The highest BCUT2D eigenvalue weighted by Crippen LogP contribution is 2.22. The molecule has 0 saturated carbocycles. The normalized spacial score (nSPS) is 22.8. The fraction of sp³-hybridized carbons (Fsp3) is 0.500. The summed E-state index contributed by atoms with van der Waals surface area (Å²) < 4.78 is 26.3. The number of nitrogens with zero attached hydrogens (tertiary/aromatic N) is 2. The van der Waals surface area contributed by atoms with Gasteiger partial charge < -0.3 is 5.32 Å². The van der Waals surface area contributed by atoms with Gasteiger partial charge in [-0.25, -0.2) is 13.2 Å². The summed E-state index contributed by atoms with van der Waals surface area (Å²) in [4.78, 5) is 24.9. The molecular formula is C16H21N3O4S. The minimum Gasteiger partial charge on any atom is -0.348 e. The molecule has 0 aliphatic carbocycles. The first kappa shape index (κ1) is 16.8. The molecule has 1 saturated heterocycles. The molecule has 24 heavy (non-hydrogen) atoms. The number of para-hydroxylation sites is 2. The molecule has 7 nitrogen and oxygen atoms in total. The van der Waals surface area contributed by atoms with Crippen molar-refractivity contribution >= 4 is 26.8 Å². The SMILES string of the molecule is CCn1c(=O)n(CC(=O)N[C@@]2(C)CCS(=O)(=O)C2)c2ccccc21. The molecular weight excluding hydrogens is 330 g/mol. The lowest BCUT2D eigenvalue weighted by Crippen LogP contribution is -2.48. The number of aromatic nitrogens is 2. The lowest BCUT2D eigenvalue weighted by atomic mass is 10.0. The first-order valence-corrected chi connectivity index (χ1v) is 9.76. The summed E-state index contributed by atoms with van der Waals surface area (Å²) in [7, 11) is -3.10. The van der Waals surface area contributed by atoms with Crippen LogP contribution < -0.4 is 11.0 Å². The van der Waals surface area contributed by atoms with Crippen LogP contribution in [0.25, 0.3) is 11.0 Å². The number of benzene rings is 1. The number of rotatable bonds is 4. The summed E-state index contributed by atoms with van der Waals surface area (Å²) in [6.45, 7) is 4.00. The summed E-state index contributed by atoms with van der Waals surface area (Å²) in [5, 5.41) is 2.79. The van der Waals surface area contributed by atoms with Crippen molar-refractivity contribution in [1.29, 1.82) is 0 Å². The molecule has 1 amide bonds. The molecule has 2 aromatic rings. The number of sulfone groups is 1. The summed E-state index contributed by atoms with van der Waals surface area (Å²) in [6.07, 6.45) is 0.396. The number of fused-ring (bicyclic) bond motifs is 1. The number of hydrogen-bond donors (Lipinski definition) is 1. The third kappa shape index (κ3) is 2.98. The molecule has 1 aromatic heterocycles. The first-order chi connectivity index (χ1) is 11.2. The average Bonchev–Trinajstić information content (AvgIpc) is 2.93. The minimum atomic E-state index is -3.10. The predicted octanol–water partition coefficient (Wildman–Crippen LogP) is 0.516. The van der Waals surface area contributed by atoms with Crippen LogP contribution >= 0.6 is 0 Å². The van der Waals surface area contributed by atoms with Gasteiger partial charge in [0.05, 0.1) is 28.1 Å². The predicted molar refractivity (Wildman–Crippen MR) is 91.7 cm³/mol. The number of nitrogens with one attached hydrogen (secondary N) is 1. The topological polar surface area (TPSA) is 90.2 Å². The summed E-state index contributed by atoms with van der Waals surface area (Å²) >= 11 is 0. The van der Waals surface area contributed by atoms with E-state index in [0.29, 0.717) is 18.5 Å². The highest BCUT2D eigenvalue weighted by molar-refractivity contribution is 7.91. The Kier molecular flexibility index (Phi) is 4.03. The van der Waals surface area contributed by atoms with Crippen molar-refractivity contribution in [2.75, 3.05) is 11.5 Å². The zero-order valence-corrected chi connectivity index (χ0v) is 14.6. The molecule has 130 valence electrons. The maximum atomic E-state index is 12.5. The zero-order valence-electron chi connectivity index (χ0n) is 13.8. The Balaban J connectivity index is 1.87. The first-order valence-electron chi connectivity index (χ1n) is 7.94. The van der Waals surface area contributed by atoms with Gasteiger partial charge in [-0.15, -0.1) is 0 Å². The van der Waals surface area contributed by atoms with E-state index in [4.69, 9.17) is 0 Å². The molecule has 0 unspecified atom stereocenters. The molecule has 1 aromatic carbocycles. The van der Waals surface area contributed by atoms with Crippen molar-refractivity contribution in [2.45, 2.75) is 38.9 Å². The van der Waals surface area contributed by atoms with Crippen LogP contribution in [0.2, 0.25) is 0 Å². The van der Waals surface area contributed by atoms with Crippen LogP contribution in [0.3, 0.4) is 0 Å². The zero-order chi connectivity index (χ0) is 17.5. The Morgan fingerprint density at radius 2 is 1.88 bits per heavy atom. The van der Waals surface area contributed by atoms with E-state index in [-0.39, 0.29) is 29.6 Å². The molecule has 8 heteroatoms. The molecule has 1 fully saturated rings. The van der Waals surface area contributed by atoms with Crippen LogP contribution in [-0.4, -0.2) is 40.5 Å². The Hall–Kier alpha value is -2.09. The van der Waals surface area contributed by atoms with Gasteiger partial charge in [0.25, 0.3) is 0 Å². The highest BCUT2D eigenvalue weighted by Gasteiger charge is 2.39. The fourth-order valence-electron chi connectivity index (χ4n) is 3.36. The summed E-state index contributed by atoms with van der Waals surface area (Å²) in [5.74, 6) is -0.327. The second kappa shape index (κ2) is 5.77. The third-order valence-electron chi connectivity index (χ3n) is 4.49. The molecule has 1 atom stereocenters. The van der Waals surface area contributed by atoms with Crippen LogP contribution in [-0.2, 0) is 27.7 Å². The van der Waals surface area contributed by atoms with Gasteiger partial charge >= 0.3 is 5.69 Å². The van der Waals surface area contributed by atoms with E-state index in [2.05, 4.69) is 5.32 Å². The largest absolute Gasteiger partial charge is 0.348 e. The third-order valence-corrected chi connectivity index (χ3v) is 6.39. The van der Waals surface area contributed by atoms with Gasteiger partial charge in [0.1, 0.15) is 6.54 Å². The van der Waals surface area contributed by atoms with Crippen LogP contribution in [0.1, 0.15) is 20.3 Å². The molecule has 1 aliphatic heterocycles. The Labute approximate surface area is 140 Å². The fourth-order valence-corrected chi connectivity index (χ4v) is 5.45. The molecule has 0 spiro atoms. The molecule has 2 heterocycles. The van der Waals surface area contributed by atoms with Gasteiger partial charge in [0, 0.05) is 6.54 Å².